The monoisotopic (exact) mass is 515 g/mol. The van der Waals surface area contributed by atoms with Crippen molar-refractivity contribution in [1.29, 1.82) is 0 Å². The van der Waals surface area contributed by atoms with Crippen LogP contribution in [0.15, 0.2) is 30.3 Å². The van der Waals surface area contributed by atoms with Gasteiger partial charge >= 0.3 is 12.1 Å². The van der Waals surface area contributed by atoms with Crippen LogP contribution in [0.25, 0.3) is 0 Å². The van der Waals surface area contributed by atoms with Gasteiger partial charge in [0.25, 0.3) is 0 Å². The first kappa shape index (κ1) is 31.2. The smallest absolute Gasteiger partial charge is 0.410 e. The molecule has 1 aliphatic carbocycles. The molecule has 1 amide bonds. The summed E-state index contributed by atoms with van der Waals surface area (Å²) in [6.07, 6.45) is 13.4. The van der Waals surface area contributed by atoms with Crippen LogP contribution in [-0.2, 0) is 20.7 Å². The average Bonchev–Trinajstić information content (AvgIpc) is 2.92. The van der Waals surface area contributed by atoms with Crippen LogP contribution >= 0.6 is 0 Å². The summed E-state index contributed by atoms with van der Waals surface area (Å²) in [5.74, 6) is 0.490. The molecule has 5 nitrogen and oxygen atoms in total. The highest BCUT2D eigenvalue weighted by atomic mass is 16.6. The van der Waals surface area contributed by atoms with Crippen LogP contribution in [0.3, 0.4) is 0 Å². The molecule has 37 heavy (non-hydrogen) atoms. The lowest BCUT2D eigenvalue weighted by Gasteiger charge is -2.36. The van der Waals surface area contributed by atoms with Crippen LogP contribution in [0.5, 0.6) is 0 Å². The topological polar surface area (TPSA) is 55.8 Å². The fourth-order valence-electron chi connectivity index (χ4n) is 5.36. The van der Waals surface area contributed by atoms with Crippen molar-refractivity contribution >= 4 is 12.1 Å². The minimum Gasteiger partial charge on any atom is -0.465 e. The van der Waals surface area contributed by atoms with Gasteiger partial charge in [-0.15, -0.1) is 0 Å². The number of rotatable bonds is 17. The van der Waals surface area contributed by atoms with Crippen LogP contribution in [0, 0.1) is 17.8 Å². The van der Waals surface area contributed by atoms with E-state index in [4.69, 9.17) is 9.47 Å². The van der Waals surface area contributed by atoms with E-state index in [0.29, 0.717) is 44.4 Å². The van der Waals surface area contributed by atoms with Gasteiger partial charge in [0, 0.05) is 12.6 Å². The molecule has 0 bridgehead atoms. The normalized spacial score (nSPS) is 16.5. The Morgan fingerprint density at radius 3 is 2.32 bits per heavy atom. The summed E-state index contributed by atoms with van der Waals surface area (Å²) in [7, 11) is 0. The number of carbonyl (C=O) groups excluding carboxylic acids is 2. The Balaban J connectivity index is 2.16. The lowest BCUT2D eigenvalue weighted by atomic mass is 9.87. The van der Waals surface area contributed by atoms with E-state index in [-0.39, 0.29) is 24.0 Å². The van der Waals surface area contributed by atoms with Crippen molar-refractivity contribution in [3.63, 3.8) is 0 Å². The molecule has 1 aliphatic rings. The minimum atomic E-state index is -0.283. The molecule has 1 aromatic carbocycles. The number of esters is 1. The molecule has 1 aromatic rings. The maximum absolute atomic E-state index is 13.4. The van der Waals surface area contributed by atoms with E-state index in [1.54, 1.807) is 0 Å². The molecule has 0 saturated heterocycles. The highest BCUT2D eigenvalue weighted by Gasteiger charge is 2.32. The highest BCUT2D eigenvalue weighted by Crippen LogP contribution is 2.28. The van der Waals surface area contributed by atoms with E-state index in [1.165, 1.54) is 31.2 Å². The van der Waals surface area contributed by atoms with E-state index in [9.17, 15) is 9.59 Å². The largest absolute Gasteiger partial charge is 0.465 e. The second kappa shape index (κ2) is 18.3. The lowest BCUT2D eigenvalue weighted by Crippen LogP contribution is -2.46. The summed E-state index contributed by atoms with van der Waals surface area (Å²) < 4.78 is 11.5. The number of ether oxygens (including phenoxy) is 2. The molecule has 0 N–H and O–H groups in total. The summed E-state index contributed by atoms with van der Waals surface area (Å²) in [5.41, 5.74) is 1.17. The van der Waals surface area contributed by atoms with E-state index < -0.39 is 0 Å². The highest BCUT2D eigenvalue weighted by molar-refractivity contribution is 5.72. The van der Waals surface area contributed by atoms with Gasteiger partial charge in [-0.2, -0.15) is 0 Å². The Bertz CT molecular complexity index is 746. The molecule has 0 aromatic heterocycles. The third-order valence-corrected chi connectivity index (χ3v) is 7.93. The zero-order chi connectivity index (χ0) is 26.9. The molecule has 3 atom stereocenters. The summed E-state index contributed by atoms with van der Waals surface area (Å²) in [4.78, 5) is 28.4. The van der Waals surface area contributed by atoms with Gasteiger partial charge in [0.05, 0.1) is 19.1 Å². The fourth-order valence-corrected chi connectivity index (χ4v) is 5.36. The first-order valence-corrected chi connectivity index (χ1v) is 15.1. The SMILES string of the molecule is CCCCOC(=O)N(CC1CCCCC1)C(Cc1ccccc1)CC(C)C(=O)OCC(CC)CCCC. The Labute approximate surface area is 226 Å². The molecule has 2 rings (SSSR count). The predicted octanol–water partition coefficient (Wildman–Crippen LogP) is 8.20. The van der Waals surface area contributed by atoms with Crippen LogP contribution < -0.4 is 0 Å². The third-order valence-electron chi connectivity index (χ3n) is 7.93. The van der Waals surface area contributed by atoms with Crippen molar-refractivity contribution in [3.05, 3.63) is 35.9 Å². The molecule has 1 fully saturated rings. The van der Waals surface area contributed by atoms with Gasteiger partial charge < -0.3 is 14.4 Å². The summed E-state index contributed by atoms with van der Waals surface area (Å²) >= 11 is 0. The second-order valence-electron chi connectivity index (χ2n) is 11.2. The minimum absolute atomic E-state index is 0.108. The van der Waals surface area contributed by atoms with Crippen LogP contribution in [0.4, 0.5) is 4.79 Å². The molecule has 210 valence electrons. The Hall–Kier alpha value is -2.04. The van der Waals surface area contributed by atoms with E-state index >= 15 is 0 Å². The molecular formula is C32H53NO4. The number of benzene rings is 1. The van der Waals surface area contributed by atoms with Gasteiger partial charge in [0.15, 0.2) is 0 Å². The van der Waals surface area contributed by atoms with Crippen molar-refractivity contribution in [3.8, 4) is 0 Å². The van der Waals surface area contributed by atoms with E-state index in [2.05, 4.69) is 32.9 Å². The van der Waals surface area contributed by atoms with Crippen molar-refractivity contribution in [2.24, 2.45) is 17.8 Å². The van der Waals surface area contributed by atoms with Crippen molar-refractivity contribution in [2.75, 3.05) is 19.8 Å². The summed E-state index contributed by atoms with van der Waals surface area (Å²) in [5, 5.41) is 0. The Morgan fingerprint density at radius 1 is 0.973 bits per heavy atom. The van der Waals surface area contributed by atoms with Crippen molar-refractivity contribution in [2.45, 2.75) is 117 Å². The lowest BCUT2D eigenvalue weighted by molar-refractivity contribution is -0.150. The van der Waals surface area contributed by atoms with Gasteiger partial charge in [0.1, 0.15) is 0 Å². The van der Waals surface area contributed by atoms with Gasteiger partial charge in [-0.1, -0.05) is 103 Å². The quantitative estimate of drug-likeness (QED) is 0.155. The molecule has 1 saturated carbocycles. The number of nitrogens with zero attached hydrogens (tertiary/aromatic N) is 1. The molecule has 5 heteroatoms. The number of carbonyl (C=O) groups is 2. The van der Waals surface area contributed by atoms with Gasteiger partial charge in [0.2, 0.25) is 0 Å². The molecule has 0 heterocycles. The van der Waals surface area contributed by atoms with E-state index in [0.717, 1.165) is 44.9 Å². The Kier molecular flexibility index (Phi) is 15.4. The molecule has 0 radical (unpaired) electrons. The average molecular weight is 516 g/mol. The molecule has 0 spiro atoms. The van der Waals surface area contributed by atoms with Crippen LogP contribution in [0.2, 0.25) is 0 Å². The maximum Gasteiger partial charge on any atom is 0.410 e. The van der Waals surface area contributed by atoms with Crippen LogP contribution in [0.1, 0.15) is 110 Å². The summed E-state index contributed by atoms with van der Waals surface area (Å²) in [6, 6.07) is 10.2. The second-order valence-corrected chi connectivity index (χ2v) is 11.2. The predicted molar refractivity (Wildman–Crippen MR) is 152 cm³/mol. The first-order chi connectivity index (χ1) is 18.0. The van der Waals surface area contributed by atoms with Gasteiger partial charge in [-0.05, 0) is 55.9 Å². The number of amides is 1. The molecule has 3 unspecified atom stereocenters. The Morgan fingerprint density at radius 2 is 1.68 bits per heavy atom. The zero-order valence-electron chi connectivity index (χ0n) is 24.1. The zero-order valence-corrected chi connectivity index (χ0v) is 24.1. The standard InChI is InChI=1S/C32H53NO4/c1-5-8-16-27(7-3)25-37-31(34)26(4)22-30(23-28-17-12-10-13-18-28)33(32(35)36-21-9-6-2)24-29-19-14-11-15-20-29/h10,12-13,17-18,26-27,29-30H,5-9,11,14-16,19-25H2,1-4H3. The van der Waals surface area contributed by atoms with Crippen LogP contribution in [-0.4, -0.2) is 42.8 Å². The van der Waals surface area contributed by atoms with E-state index in [1.807, 2.05) is 30.0 Å². The van der Waals surface area contributed by atoms with Gasteiger partial charge in [-0.3, -0.25) is 4.79 Å². The molecule has 0 aliphatic heterocycles. The summed E-state index contributed by atoms with van der Waals surface area (Å²) in [6.45, 7) is 10.1. The number of unbranched alkanes of at least 4 members (excludes halogenated alkanes) is 2. The first-order valence-electron chi connectivity index (χ1n) is 15.1. The van der Waals surface area contributed by atoms with Crippen molar-refractivity contribution < 1.29 is 19.1 Å². The van der Waals surface area contributed by atoms with Crippen molar-refractivity contribution in [1.82, 2.24) is 4.90 Å². The van der Waals surface area contributed by atoms with Gasteiger partial charge in [-0.25, -0.2) is 4.79 Å². The molecular weight excluding hydrogens is 462 g/mol. The number of hydrogen-bond acceptors (Lipinski definition) is 4. The third kappa shape index (κ3) is 11.9. The fraction of sp³-hybridized carbons (Fsp3) is 0.750. The maximum atomic E-state index is 13.4. The number of hydrogen-bond donors (Lipinski definition) is 0.